The van der Waals surface area contributed by atoms with E-state index in [9.17, 15) is 0 Å². The zero-order valence-electron chi connectivity index (χ0n) is 7.54. The highest BCUT2D eigenvalue weighted by molar-refractivity contribution is 5.17. The maximum Gasteiger partial charge on any atom is 0.0266 e. The molecule has 0 saturated heterocycles. The molecule has 1 nitrogen and oxygen atoms in total. The van der Waals surface area contributed by atoms with E-state index in [2.05, 4.69) is 0 Å². The highest BCUT2D eigenvalue weighted by Gasteiger charge is 1.93. The summed E-state index contributed by atoms with van der Waals surface area (Å²) in [6.07, 6.45) is 0. The molecule has 1 rings (SSSR count). The van der Waals surface area contributed by atoms with Crippen molar-refractivity contribution >= 4 is 0 Å². The van der Waals surface area contributed by atoms with E-state index >= 15 is 0 Å². The number of hydrogen-bond donors (Lipinski definition) is 1. The van der Waals surface area contributed by atoms with Crippen LogP contribution in [-0.2, 0) is 0 Å². The molecule has 0 aromatic heterocycles. The molecule has 11 heavy (non-hydrogen) atoms. The molecule has 1 heteroatoms. The third-order valence-electron chi connectivity index (χ3n) is 1.33. The molecule has 0 amide bonds. The van der Waals surface area contributed by atoms with Crippen LogP contribution in [-0.4, -0.2) is 0 Å². The summed E-state index contributed by atoms with van der Waals surface area (Å²) in [7, 11) is 0. The summed E-state index contributed by atoms with van der Waals surface area (Å²) < 4.78 is 0. The minimum Gasteiger partial charge on any atom is -0.324 e. The molecule has 2 N–H and O–H groups in total. The Labute approximate surface area is 70.7 Å². The van der Waals surface area contributed by atoms with E-state index in [1.807, 2.05) is 51.1 Å². The first-order chi connectivity index (χ1) is 5.30. The molecule has 0 heterocycles. The van der Waals surface area contributed by atoms with Crippen LogP contribution >= 0.6 is 0 Å². The Balaban J connectivity index is 0. The lowest BCUT2D eigenvalue weighted by Crippen LogP contribution is -2.03. The predicted octanol–water partition coefficient (Wildman–Crippen LogP) is 2.98. The Bertz CT molecular complexity index is 172. The largest absolute Gasteiger partial charge is 0.324 e. The topological polar surface area (TPSA) is 26.0 Å². The standard InChI is InChI=1S/C8H11N.C2H6.H2/c1-7(9)8-5-3-2-4-6-8;1-2;/h2-7H,9H2,1H3;1-2H3;1H. The molecule has 1 unspecified atom stereocenters. The van der Waals surface area contributed by atoms with E-state index in [1.54, 1.807) is 0 Å². The Morgan fingerprint density at radius 2 is 1.64 bits per heavy atom. The van der Waals surface area contributed by atoms with Crippen molar-refractivity contribution in [1.82, 2.24) is 0 Å². The van der Waals surface area contributed by atoms with Gasteiger partial charge >= 0.3 is 0 Å². The summed E-state index contributed by atoms with van der Waals surface area (Å²) in [5, 5.41) is 0. The van der Waals surface area contributed by atoms with Crippen LogP contribution in [0.15, 0.2) is 30.3 Å². The van der Waals surface area contributed by atoms with Crippen molar-refractivity contribution in [2.24, 2.45) is 5.73 Å². The van der Waals surface area contributed by atoms with Gasteiger partial charge in [-0.3, -0.25) is 0 Å². The van der Waals surface area contributed by atoms with Crippen LogP contribution in [0.1, 0.15) is 33.8 Å². The molecule has 1 aromatic carbocycles. The highest BCUT2D eigenvalue weighted by atomic mass is 14.6. The van der Waals surface area contributed by atoms with Crippen LogP contribution in [0.25, 0.3) is 0 Å². The van der Waals surface area contributed by atoms with Crippen molar-refractivity contribution in [3.05, 3.63) is 35.9 Å². The van der Waals surface area contributed by atoms with E-state index in [-0.39, 0.29) is 7.47 Å². The van der Waals surface area contributed by atoms with Crippen molar-refractivity contribution in [3.63, 3.8) is 0 Å². The van der Waals surface area contributed by atoms with Crippen LogP contribution in [0.2, 0.25) is 0 Å². The van der Waals surface area contributed by atoms with Crippen molar-refractivity contribution in [2.45, 2.75) is 26.8 Å². The fraction of sp³-hybridized carbons (Fsp3) is 0.400. The lowest BCUT2D eigenvalue weighted by molar-refractivity contribution is 0.818. The lowest BCUT2D eigenvalue weighted by atomic mass is 10.1. The average molecular weight is 153 g/mol. The van der Waals surface area contributed by atoms with Gasteiger partial charge in [-0.2, -0.15) is 0 Å². The van der Waals surface area contributed by atoms with E-state index in [1.165, 1.54) is 5.56 Å². The van der Waals surface area contributed by atoms with Gasteiger partial charge in [-0.25, -0.2) is 0 Å². The van der Waals surface area contributed by atoms with Crippen LogP contribution in [0.5, 0.6) is 0 Å². The maximum absolute atomic E-state index is 5.61. The molecule has 0 radical (unpaired) electrons. The zero-order chi connectivity index (χ0) is 8.69. The van der Waals surface area contributed by atoms with Crippen LogP contribution in [0.4, 0.5) is 0 Å². The van der Waals surface area contributed by atoms with Crippen LogP contribution in [0.3, 0.4) is 0 Å². The van der Waals surface area contributed by atoms with Gasteiger partial charge < -0.3 is 5.73 Å². The van der Waals surface area contributed by atoms with E-state index < -0.39 is 0 Å². The molecule has 0 aliphatic rings. The maximum atomic E-state index is 5.61. The fourth-order valence-corrected chi connectivity index (χ4v) is 0.757. The second-order valence-electron chi connectivity index (χ2n) is 2.20. The summed E-state index contributed by atoms with van der Waals surface area (Å²) in [6, 6.07) is 10.2. The first-order valence-corrected chi connectivity index (χ1v) is 4.11. The third-order valence-corrected chi connectivity index (χ3v) is 1.33. The molecule has 0 fully saturated rings. The molecular weight excluding hydrogens is 134 g/mol. The minimum absolute atomic E-state index is 0. The van der Waals surface area contributed by atoms with Gasteiger partial charge in [0.1, 0.15) is 0 Å². The molecule has 1 aromatic rings. The number of rotatable bonds is 1. The van der Waals surface area contributed by atoms with Gasteiger partial charge in [-0.05, 0) is 12.5 Å². The fourth-order valence-electron chi connectivity index (χ4n) is 0.757. The molecule has 0 aliphatic heterocycles. The molecule has 0 bridgehead atoms. The SMILES string of the molecule is CC.CC(N)c1ccccc1.[HH]. The molecule has 0 spiro atoms. The molecule has 1 atom stereocenters. The van der Waals surface area contributed by atoms with Crippen molar-refractivity contribution in [1.29, 1.82) is 0 Å². The summed E-state index contributed by atoms with van der Waals surface area (Å²) in [6.45, 7) is 5.98. The van der Waals surface area contributed by atoms with Crippen molar-refractivity contribution in [2.75, 3.05) is 0 Å². The van der Waals surface area contributed by atoms with E-state index in [4.69, 9.17) is 5.73 Å². The summed E-state index contributed by atoms with van der Waals surface area (Å²) in [5.74, 6) is 0. The second-order valence-corrected chi connectivity index (χ2v) is 2.20. The smallest absolute Gasteiger partial charge is 0.0266 e. The molecule has 0 saturated carbocycles. The van der Waals surface area contributed by atoms with Crippen LogP contribution in [0, 0.1) is 0 Å². The molecular formula is C10H19N. The van der Waals surface area contributed by atoms with Crippen LogP contribution < -0.4 is 5.73 Å². The van der Waals surface area contributed by atoms with Gasteiger partial charge in [-0.1, -0.05) is 44.2 Å². The van der Waals surface area contributed by atoms with E-state index in [0.29, 0.717) is 0 Å². The van der Waals surface area contributed by atoms with Gasteiger partial charge in [0.25, 0.3) is 0 Å². The van der Waals surface area contributed by atoms with Gasteiger partial charge in [0.05, 0.1) is 0 Å². The highest BCUT2D eigenvalue weighted by Crippen LogP contribution is 2.06. The monoisotopic (exact) mass is 153 g/mol. The lowest BCUT2D eigenvalue weighted by Gasteiger charge is -2.02. The summed E-state index contributed by atoms with van der Waals surface area (Å²) in [4.78, 5) is 0. The Morgan fingerprint density at radius 1 is 1.18 bits per heavy atom. The quantitative estimate of drug-likeness (QED) is 0.659. The van der Waals surface area contributed by atoms with E-state index in [0.717, 1.165) is 0 Å². The second kappa shape index (κ2) is 5.93. The third kappa shape index (κ3) is 3.79. The zero-order valence-corrected chi connectivity index (χ0v) is 7.54. The number of hydrogen-bond acceptors (Lipinski definition) is 1. The number of nitrogens with two attached hydrogens (primary N) is 1. The van der Waals surface area contributed by atoms with Gasteiger partial charge in [0.2, 0.25) is 0 Å². The van der Waals surface area contributed by atoms with Crippen molar-refractivity contribution in [3.8, 4) is 0 Å². The Kier molecular flexibility index (Phi) is 5.49. The Hall–Kier alpha value is -0.820. The van der Waals surface area contributed by atoms with Gasteiger partial charge in [0.15, 0.2) is 0 Å². The molecule has 64 valence electrons. The first-order valence-electron chi connectivity index (χ1n) is 4.11. The number of benzene rings is 1. The minimum atomic E-state index is 0. The summed E-state index contributed by atoms with van der Waals surface area (Å²) >= 11 is 0. The van der Waals surface area contributed by atoms with Gasteiger partial charge in [0, 0.05) is 7.47 Å². The van der Waals surface area contributed by atoms with Gasteiger partial charge in [-0.15, -0.1) is 0 Å². The predicted molar refractivity (Wildman–Crippen MR) is 52.5 cm³/mol. The average Bonchev–Trinajstić information content (AvgIpc) is 2.10. The molecule has 0 aliphatic carbocycles. The summed E-state index contributed by atoms with van der Waals surface area (Å²) in [5.41, 5.74) is 6.81. The first kappa shape index (κ1) is 10.2. The normalized spacial score (nSPS) is 11.3. The van der Waals surface area contributed by atoms with Crippen molar-refractivity contribution < 1.29 is 1.43 Å². The Morgan fingerprint density at radius 3 is 1.91 bits per heavy atom.